The second kappa shape index (κ2) is 4.61. The molecule has 2 amide bonds. The van der Waals surface area contributed by atoms with Crippen LogP contribution in [0.15, 0.2) is 16.6 Å². The first-order valence-corrected chi connectivity index (χ1v) is 6.42. The number of imide groups is 1. The Morgan fingerprint density at radius 3 is 2.00 bits per heavy atom. The van der Waals surface area contributed by atoms with Crippen LogP contribution in [0.25, 0.3) is 0 Å². The van der Waals surface area contributed by atoms with E-state index in [-0.39, 0.29) is 11.8 Å². The molecule has 4 heteroatoms. The van der Waals surface area contributed by atoms with Crippen LogP contribution in [-0.2, 0) is 9.59 Å². The molecule has 2 rings (SSSR count). The molecule has 1 aromatic carbocycles. The molecule has 0 radical (unpaired) electrons. The van der Waals surface area contributed by atoms with Gasteiger partial charge in [0.25, 0.3) is 0 Å². The molecular formula is C13H14BrNO2. The summed E-state index contributed by atoms with van der Waals surface area (Å²) in [6.45, 7) is 3.92. The predicted molar refractivity (Wildman–Crippen MR) is 70.0 cm³/mol. The van der Waals surface area contributed by atoms with Crippen molar-refractivity contribution in [1.82, 2.24) is 0 Å². The molecule has 17 heavy (non-hydrogen) atoms. The molecule has 0 unspecified atom stereocenters. The number of hydrogen-bond acceptors (Lipinski definition) is 2. The summed E-state index contributed by atoms with van der Waals surface area (Å²) >= 11 is 3.48. The molecule has 1 heterocycles. The smallest absolute Gasteiger partial charge is 0.233 e. The Labute approximate surface area is 109 Å². The lowest BCUT2D eigenvalue weighted by molar-refractivity contribution is -0.129. The van der Waals surface area contributed by atoms with E-state index >= 15 is 0 Å². The van der Waals surface area contributed by atoms with Gasteiger partial charge in [0.05, 0.1) is 5.69 Å². The first-order chi connectivity index (χ1) is 8.00. The van der Waals surface area contributed by atoms with Crippen LogP contribution in [0.2, 0.25) is 0 Å². The SMILES string of the molecule is Cc1cc(N2C(=O)CCCC2=O)cc(C)c1Br. The number of amides is 2. The lowest BCUT2D eigenvalue weighted by Crippen LogP contribution is -2.40. The Morgan fingerprint density at radius 2 is 1.53 bits per heavy atom. The van der Waals surface area contributed by atoms with Gasteiger partial charge in [0, 0.05) is 17.3 Å². The number of rotatable bonds is 1. The minimum Gasteiger partial charge on any atom is -0.274 e. The number of halogens is 1. The molecule has 90 valence electrons. The van der Waals surface area contributed by atoms with E-state index in [1.54, 1.807) is 0 Å². The van der Waals surface area contributed by atoms with Crippen LogP contribution in [0.3, 0.4) is 0 Å². The number of benzene rings is 1. The van der Waals surface area contributed by atoms with Crippen LogP contribution in [0, 0.1) is 13.8 Å². The van der Waals surface area contributed by atoms with Gasteiger partial charge in [-0.15, -0.1) is 0 Å². The first kappa shape index (κ1) is 12.3. The van der Waals surface area contributed by atoms with Gasteiger partial charge in [0.1, 0.15) is 0 Å². The zero-order chi connectivity index (χ0) is 12.6. The summed E-state index contributed by atoms with van der Waals surface area (Å²) in [4.78, 5) is 24.9. The lowest BCUT2D eigenvalue weighted by Gasteiger charge is -2.25. The van der Waals surface area contributed by atoms with Crippen molar-refractivity contribution < 1.29 is 9.59 Å². The normalized spacial score (nSPS) is 16.5. The van der Waals surface area contributed by atoms with E-state index in [9.17, 15) is 9.59 Å². The largest absolute Gasteiger partial charge is 0.274 e. The van der Waals surface area contributed by atoms with Crippen LogP contribution >= 0.6 is 15.9 Å². The van der Waals surface area contributed by atoms with Crippen molar-refractivity contribution in [2.24, 2.45) is 0 Å². The highest BCUT2D eigenvalue weighted by Gasteiger charge is 2.27. The molecule has 1 aliphatic heterocycles. The van der Waals surface area contributed by atoms with Crippen LogP contribution in [-0.4, -0.2) is 11.8 Å². The van der Waals surface area contributed by atoms with Crippen molar-refractivity contribution >= 4 is 33.4 Å². The van der Waals surface area contributed by atoms with Crippen molar-refractivity contribution in [2.75, 3.05) is 4.90 Å². The Hall–Kier alpha value is -1.16. The average molecular weight is 296 g/mol. The molecule has 0 bridgehead atoms. The molecule has 0 spiro atoms. The van der Waals surface area contributed by atoms with E-state index in [2.05, 4.69) is 15.9 Å². The summed E-state index contributed by atoms with van der Waals surface area (Å²) in [7, 11) is 0. The topological polar surface area (TPSA) is 37.4 Å². The second-order valence-electron chi connectivity index (χ2n) is 4.37. The lowest BCUT2D eigenvalue weighted by atomic mass is 10.1. The number of anilines is 1. The average Bonchev–Trinajstić information content (AvgIpc) is 2.25. The molecule has 1 fully saturated rings. The molecule has 0 aromatic heterocycles. The van der Waals surface area contributed by atoms with Gasteiger partial charge < -0.3 is 0 Å². The summed E-state index contributed by atoms with van der Waals surface area (Å²) in [6.07, 6.45) is 1.59. The summed E-state index contributed by atoms with van der Waals surface area (Å²) in [5, 5.41) is 0. The Kier molecular flexibility index (Phi) is 3.33. The van der Waals surface area contributed by atoms with Crippen molar-refractivity contribution in [1.29, 1.82) is 0 Å². The number of aryl methyl sites for hydroxylation is 2. The third-order valence-corrected chi connectivity index (χ3v) is 4.21. The predicted octanol–water partition coefficient (Wildman–Crippen LogP) is 3.11. The molecule has 0 saturated carbocycles. The number of carbonyl (C=O) groups is 2. The summed E-state index contributed by atoms with van der Waals surface area (Å²) < 4.78 is 1.03. The monoisotopic (exact) mass is 295 g/mol. The van der Waals surface area contributed by atoms with Crippen molar-refractivity contribution in [2.45, 2.75) is 33.1 Å². The molecule has 0 N–H and O–H groups in total. The van der Waals surface area contributed by atoms with Crippen LogP contribution < -0.4 is 4.90 Å². The minimum absolute atomic E-state index is 0.0950. The Morgan fingerprint density at radius 1 is 1.06 bits per heavy atom. The highest BCUT2D eigenvalue weighted by molar-refractivity contribution is 9.10. The molecule has 1 aliphatic rings. The Bertz CT molecular complexity index is 457. The van der Waals surface area contributed by atoms with Gasteiger partial charge in [-0.3, -0.25) is 14.5 Å². The fraction of sp³-hybridized carbons (Fsp3) is 0.385. The van der Waals surface area contributed by atoms with Gasteiger partial charge in [-0.25, -0.2) is 0 Å². The van der Waals surface area contributed by atoms with E-state index in [1.165, 1.54) is 4.90 Å². The van der Waals surface area contributed by atoms with Crippen LogP contribution in [0.1, 0.15) is 30.4 Å². The standard InChI is InChI=1S/C13H14BrNO2/c1-8-6-10(7-9(2)13(8)14)15-11(16)4-3-5-12(15)17/h6-7H,3-5H2,1-2H3. The number of nitrogens with zero attached hydrogens (tertiary/aromatic N) is 1. The van der Waals surface area contributed by atoms with Gasteiger partial charge in [-0.05, 0) is 43.5 Å². The molecule has 3 nitrogen and oxygen atoms in total. The molecule has 1 aromatic rings. The van der Waals surface area contributed by atoms with Crippen molar-refractivity contribution in [3.05, 3.63) is 27.7 Å². The summed E-state index contributed by atoms with van der Waals surface area (Å²) in [6, 6.07) is 3.75. The third-order valence-electron chi connectivity index (χ3n) is 2.96. The van der Waals surface area contributed by atoms with E-state index in [0.717, 1.165) is 15.6 Å². The zero-order valence-electron chi connectivity index (χ0n) is 9.92. The Balaban J connectivity index is 2.45. The highest BCUT2D eigenvalue weighted by atomic mass is 79.9. The maximum atomic E-state index is 11.8. The number of piperidine rings is 1. The van der Waals surface area contributed by atoms with Gasteiger partial charge >= 0.3 is 0 Å². The first-order valence-electron chi connectivity index (χ1n) is 5.63. The molecule has 1 saturated heterocycles. The number of carbonyl (C=O) groups excluding carboxylic acids is 2. The van der Waals surface area contributed by atoms with E-state index in [4.69, 9.17) is 0 Å². The quantitative estimate of drug-likeness (QED) is 0.747. The second-order valence-corrected chi connectivity index (χ2v) is 5.16. The molecule has 0 aliphatic carbocycles. The van der Waals surface area contributed by atoms with E-state index in [1.807, 2.05) is 26.0 Å². The van der Waals surface area contributed by atoms with Crippen molar-refractivity contribution in [3.63, 3.8) is 0 Å². The minimum atomic E-state index is -0.0950. The van der Waals surface area contributed by atoms with Gasteiger partial charge in [0.2, 0.25) is 11.8 Å². The van der Waals surface area contributed by atoms with Gasteiger partial charge in [-0.1, -0.05) is 15.9 Å². The highest BCUT2D eigenvalue weighted by Crippen LogP contribution is 2.29. The maximum Gasteiger partial charge on any atom is 0.233 e. The maximum absolute atomic E-state index is 11.8. The zero-order valence-corrected chi connectivity index (χ0v) is 11.5. The van der Waals surface area contributed by atoms with Crippen LogP contribution in [0.5, 0.6) is 0 Å². The van der Waals surface area contributed by atoms with Gasteiger partial charge in [0.15, 0.2) is 0 Å². The van der Waals surface area contributed by atoms with Gasteiger partial charge in [-0.2, -0.15) is 0 Å². The van der Waals surface area contributed by atoms with Crippen LogP contribution in [0.4, 0.5) is 5.69 Å². The number of hydrogen-bond donors (Lipinski definition) is 0. The summed E-state index contributed by atoms with van der Waals surface area (Å²) in [5.41, 5.74) is 2.76. The van der Waals surface area contributed by atoms with E-state index in [0.29, 0.717) is 24.9 Å². The van der Waals surface area contributed by atoms with Crippen molar-refractivity contribution in [3.8, 4) is 0 Å². The molecule has 0 atom stereocenters. The van der Waals surface area contributed by atoms with E-state index < -0.39 is 0 Å². The molecular weight excluding hydrogens is 282 g/mol. The fourth-order valence-corrected chi connectivity index (χ4v) is 2.32. The summed E-state index contributed by atoms with van der Waals surface area (Å²) in [5.74, 6) is -0.190. The third kappa shape index (κ3) is 2.27. The fourth-order valence-electron chi connectivity index (χ4n) is 2.09.